The first kappa shape index (κ1) is 12.6. The van der Waals surface area contributed by atoms with Gasteiger partial charge in [0.2, 0.25) is 7.98 Å². The van der Waals surface area contributed by atoms with Gasteiger partial charge < -0.3 is 4.81 Å². The summed E-state index contributed by atoms with van der Waals surface area (Å²) in [7, 11) is 2.13. The minimum atomic E-state index is 0.427. The van der Waals surface area contributed by atoms with E-state index in [1.165, 1.54) is 16.8 Å². The third-order valence-electron chi connectivity index (χ3n) is 3.12. The SMILES string of the molecule is BN1CC(/C(C=C)=C/C=C)C(/C=C\C)=C1C. The van der Waals surface area contributed by atoms with Gasteiger partial charge in [0.15, 0.2) is 0 Å². The maximum Gasteiger partial charge on any atom is 0.217 e. The van der Waals surface area contributed by atoms with Crippen molar-refractivity contribution in [1.29, 1.82) is 0 Å². The minimum absolute atomic E-state index is 0.427. The molecule has 1 heterocycles. The lowest BCUT2D eigenvalue weighted by Gasteiger charge is -2.16. The number of hydrogen-bond donors (Lipinski definition) is 0. The van der Waals surface area contributed by atoms with Gasteiger partial charge in [-0.1, -0.05) is 43.5 Å². The van der Waals surface area contributed by atoms with E-state index in [1.807, 2.05) is 18.2 Å². The molecule has 1 aliphatic rings. The first-order chi connectivity index (χ1) is 7.65. The van der Waals surface area contributed by atoms with Crippen LogP contribution in [0, 0.1) is 5.92 Å². The summed E-state index contributed by atoms with van der Waals surface area (Å²) in [5.74, 6) is 0.427. The summed E-state index contributed by atoms with van der Waals surface area (Å²) in [4.78, 5) is 2.29. The van der Waals surface area contributed by atoms with Gasteiger partial charge in [0, 0.05) is 18.2 Å². The topological polar surface area (TPSA) is 3.24 Å². The Labute approximate surface area is 100.0 Å². The van der Waals surface area contributed by atoms with Gasteiger partial charge in [0.25, 0.3) is 0 Å². The van der Waals surface area contributed by atoms with Crippen molar-refractivity contribution in [1.82, 2.24) is 4.81 Å². The van der Waals surface area contributed by atoms with Gasteiger partial charge in [-0.2, -0.15) is 0 Å². The Morgan fingerprint density at radius 3 is 2.69 bits per heavy atom. The lowest BCUT2D eigenvalue weighted by Crippen LogP contribution is -2.18. The monoisotopic (exact) mass is 213 g/mol. The van der Waals surface area contributed by atoms with Crippen molar-refractivity contribution < 1.29 is 0 Å². The van der Waals surface area contributed by atoms with Crippen molar-refractivity contribution in [3.8, 4) is 0 Å². The summed E-state index contributed by atoms with van der Waals surface area (Å²) in [6, 6.07) is 0. The summed E-state index contributed by atoms with van der Waals surface area (Å²) < 4.78 is 0. The third kappa shape index (κ3) is 2.38. The molecular weight excluding hydrogens is 193 g/mol. The van der Waals surface area contributed by atoms with Crippen LogP contribution in [0.15, 0.2) is 60.4 Å². The Bertz CT molecular complexity index is 374. The summed E-state index contributed by atoms with van der Waals surface area (Å²) >= 11 is 0. The Hall–Kier alpha value is -1.44. The van der Waals surface area contributed by atoms with E-state index in [0.717, 1.165) is 6.54 Å². The van der Waals surface area contributed by atoms with Crippen molar-refractivity contribution in [3.63, 3.8) is 0 Å². The highest BCUT2D eigenvalue weighted by Gasteiger charge is 2.26. The molecule has 0 aliphatic carbocycles. The molecule has 0 amide bonds. The molecule has 0 spiro atoms. The predicted molar refractivity (Wildman–Crippen MR) is 74.7 cm³/mol. The van der Waals surface area contributed by atoms with Crippen LogP contribution < -0.4 is 0 Å². The van der Waals surface area contributed by atoms with E-state index in [1.54, 1.807) is 0 Å². The Balaban J connectivity index is 3.11. The van der Waals surface area contributed by atoms with Crippen LogP contribution in [0.3, 0.4) is 0 Å². The Kier molecular flexibility index (Phi) is 4.42. The van der Waals surface area contributed by atoms with Crippen LogP contribution in [0.2, 0.25) is 0 Å². The fourth-order valence-electron chi connectivity index (χ4n) is 2.15. The second-order valence-electron chi connectivity index (χ2n) is 4.08. The van der Waals surface area contributed by atoms with Crippen LogP contribution >= 0.6 is 0 Å². The lowest BCUT2D eigenvalue weighted by atomic mass is 9.91. The fraction of sp³-hybridized carbons (Fsp3) is 0.286. The van der Waals surface area contributed by atoms with E-state index < -0.39 is 0 Å². The van der Waals surface area contributed by atoms with Gasteiger partial charge in [0.05, 0.1) is 0 Å². The van der Waals surface area contributed by atoms with Gasteiger partial charge in [-0.25, -0.2) is 0 Å². The molecule has 2 heteroatoms. The zero-order valence-corrected chi connectivity index (χ0v) is 10.5. The van der Waals surface area contributed by atoms with Gasteiger partial charge in [-0.15, -0.1) is 0 Å². The summed E-state index contributed by atoms with van der Waals surface area (Å²) in [5.41, 5.74) is 3.98. The quantitative estimate of drug-likeness (QED) is 0.512. The van der Waals surface area contributed by atoms with Crippen LogP contribution in [0.25, 0.3) is 0 Å². The van der Waals surface area contributed by atoms with E-state index in [9.17, 15) is 0 Å². The molecule has 0 saturated heterocycles. The third-order valence-corrected chi connectivity index (χ3v) is 3.12. The second kappa shape index (κ2) is 5.59. The highest BCUT2D eigenvalue weighted by Crippen LogP contribution is 2.33. The zero-order chi connectivity index (χ0) is 12.1. The summed E-state index contributed by atoms with van der Waals surface area (Å²) in [5, 5.41) is 0. The maximum absolute atomic E-state index is 3.89. The molecule has 0 aromatic carbocycles. The molecule has 0 fully saturated rings. The van der Waals surface area contributed by atoms with Crippen LogP contribution in [-0.4, -0.2) is 19.3 Å². The molecule has 1 rings (SSSR count). The van der Waals surface area contributed by atoms with Crippen LogP contribution in [0.5, 0.6) is 0 Å². The lowest BCUT2D eigenvalue weighted by molar-refractivity contribution is 0.557. The maximum atomic E-state index is 3.89. The highest BCUT2D eigenvalue weighted by molar-refractivity contribution is 6.06. The van der Waals surface area contributed by atoms with Crippen molar-refractivity contribution >= 4 is 7.98 Å². The average Bonchev–Trinajstić information content (AvgIpc) is 2.55. The van der Waals surface area contributed by atoms with Gasteiger partial charge >= 0.3 is 0 Å². The average molecular weight is 213 g/mol. The van der Waals surface area contributed by atoms with Crippen LogP contribution in [0.1, 0.15) is 13.8 Å². The molecule has 1 unspecified atom stereocenters. The fourth-order valence-corrected chi connectivity index (χ4v) is 2.15. The molecule has 1 aliphatic heterocycles. The largest absolute Gasteiger partial charge is 0.424 e. The number of rotatable bonds is 4. The first-order valence-electron chi connectivity index (χ1n) is 5.65. The number of hydrogen-bond acceptors (Lipinski definition) is 1. The van der Waals surface area contributed by atoms with Crippen molar-refractivity contribution in [3.05, 3.63) is 60.4 Å². The molecule has 84 valence electrons. The van der Waals surface area contributed by atoms with E-state index in [-0.39, 0.29) is 0 Å². The predicted octanol–water partition coefficient (Wildman–Crippen LogP) is 2.61. The van der Waals surface area contributed by atoms with Crippen molar-refractivity contribution in [2.75, 3.05) is 6.54 Å². The molecule has 0 aromatic heterocycles. The summed E-state index contributed by atoms with van der Waals surface area (Å²) in [6.45, 7) is 12.9. The first-order valence-corrected chi connectivity index (χ1v) is 5.65. The molecule has 0 aromatic rings. The Morgan fingerprint density at radius 2 is 2.19 bits per heavy atom. The minimum Gasteiger partial charge on any atom is -0.424 e. The second-order valence-corrected chi connectivity index (χ2v) is 4.08. The molecule has 0 N–H and O–H groups in total. The Morgan fingerprint density at radius 1 is 1.50 bits per heavy atom. The van der Waals surface area contributed by atoms with Gasteiger partial charge in [-0.3, -0.25) is 0 Å². The zero-order valence-electron chi connectivity index (χ0n) is 10.5. The van der Waals surface area contributed by atoms with Crippen LogP contribution in [-0.2, 0) is 0 Å². The summed E-state index contributed by atoms with van der Waals surface area (Å²) in [6.07, 6.45) is 10.1. The van der Waals surface area contributed by atoms with E-state index in [2.05, 4.69) is 51.9 Å². The molecule has 0 bridgehead atoms. The number of allylic oxidation sites excluding steroid dienone is 6. The molecule has 1 atom stereocenters. The van der Waals surface area contributed by atoms with Gasteiger partial charge in [0.1, 0.15) is 0 Å². The molecular formula is C14H20BN. The van der Waals surface area contributed by atoms with E-state index >= 15 is 0 Å². The molecule has 0 radical (unpaired) electrons. The standard InChI is InChI=1S/C14H20BN/c1-5-8-12(7-3)14-10-16(15)11(4)13(14)9-6-2/h5-9,14H,1,3,10,15H2,2,4H3/b9-6-,12-8+. The van der Waals surface area contributed by atoms with Crippen molar-refractivity contribution in [2.45, 2.75) is 13.8 Å². The normalized spacial score (nSPS) is 22.0. The van der Waals surface area contributed by atoms with E-state index in [0.29, 0.717) is 5.92 Å². The number of nitrogens with zero attached hydrogens (tertiary/aromatic N) is 1. The molecule has 16 heavy (non-hydrogen) atoms. The van der Waals surface area contributed by atoms with Crippen molar-refractivity contribution in [2.24, 2.45) is 5.92 Å². The van der Waals surface area contributed by atoms with Gasteiger partial charge in [-0.05, 0) is 25.0 Å². The highest BCUT2D eigenvalue weighted by atomic mass is 15.1. The van der Waals surface area contributed by atoms with E-state index in [4.69, 9.17) is 0 Å². The molecule has 0 saturated carbocycles. The van der Waals surface area contributed by atoms with Crippen LogP contribution in [0.4, 0.5) is 0 Å². The smallest absolute Gasteiger partial charge is 0.217 e. The molecule has 1 nitrogen and oxygen atoms in total.